The van der Waals surface area contributed by atoms with E-state index in [1.165, 1.54) is 0 Å². The molecule has 0 aliphatic heterocycles. The number of hydrogen-bond acceptors (Lipinski definition) is 4. The van der Waals surface area contributed by atoms with Gasteiger partial charge in [-0.1, -0.05) is 30.3 Å². The monoisotopic (exact) mass is 292 g/mol. The van der Waals surface area contributed by atoms with Crippen LogP contribution in [0.25, 0.3) is 0 Å². The van der Waals surface area contributed by atoms with E-state index >= 15 is 0 Å². The van der Waals surface area contributed by atoms with Gasteiger partial charge in [0.25, 0.3) is 0 Å². The average Bonchev–Trinajstić information content (AvgIpc) is 2.57. The van der Waals surface area contributed by atoms with E-state index in [4.69, 9.17) is 0 Å². The Bertz CT molecular complexity index is 764. The summed E-state index contributed by atoms with van der Waals surface area (Å²) in [5, 5.41) is 3.11. The second-order valence-corrected chi connectivity index (χ2v) is 5.20. The Hall–Kier alpha value is -2.75. The van der Waals surface area contributed by atoms with E-state index in [0.29, 0.717) is 35.4 Å². The number of allylic oxidation sites excluding steroid dienone is 2. The number of carbonyl (C=O) groups is 2. The molecule has 0 saturated heterocycles. The van der Waals surface area contributed by atoms with Crippen LogP contribution in [0.15, 0.2) is 59.9 Å². The lowest BCUT2D eigenvalue weighted by atomic mass is 9.88. The lowest BCUT2D eigenvalue weighted by Gasteiger charge is -2.20. The Morgan fingerprint density at radius 3 is 2.32 bits per heavy atom. The Kier molecular flexibility index (Phi) is 3.83. The second-order valence-electron chi connectivity index (χ2n) is 5.20. The summed E-state index contributed by atoms with van der Waals surface area (Å²) in [5.41, 5.74) is 2.78. The summed E-state index contributed by atoms with van der Waals surface area (Å²) in [5.74, 6) is -0.204. The zero-order valence-corrected chi connectivity index (χ0v) is 12.3. The van der Waals surface area contributed by atoms with Crippen LogP contribution < -0.4 is 5.32 Å². The molecule has 1 heterocycles. The molecule has 1 N–H and O–H groups in total. The number of nitrogens with one attached hydrogen (secondary N) is 1. The number of ketones is 2. The maximum absolute atomic E-state index is 12.5. The van der Waals surface area contributed by atoms with Gasteiger partial charge in [0.05, 0.1) is 5.70 Å². The highest BCUT2D eigenvalue weighted by molar-refractivity contribution is 6.26. The fraction of sp³-hybridized carbons (Fsp3) is 0.167. The van der Waals surface area contributed by atoms with E-state index in [2.05, 4.69) is 10.3 Å². The predicted octanol–water partition coefficient (Wildman–Crippen LogP) is 2.57. The van der Waals surface area contributed by atoms with Gasteiger partial charge in [0.2, 0.25) is 5.78 Å². The van der Waals surface area contributed by atoms with Crippen molar-refractivity contribution in [3.8, 4) is 0 Å². The SMILES string of the molecule is CC1=C(NCCc2ccccn2)C(=O)c2ccccc2C1=O. The van der Waals surface area contributed by atoms with Crippen LogP contribution in [0.3, 0.4) is 0 Å². The minimum absolute atomic E-state index is 0.0875. The number of Topliss-reactive ketones (excluding diaryl/α,β-unsaturated/α-hetero) is 2. The van der Waals surface area contributed by atoms with Crippen LogP contribution >= 0.6 is 0 Å². The van der Waals surface area contributed by atoms with E-state index in [9.17, 15) is 9.59 Å². The molecule has 0 radical (unpaired) electrons. The zero-order chi connectivity index (χ0) is 15.5. The van der Waals surface area contributed by atoms with Crippen LogP contribution in [0, 0.1) is 0 Å². The predicted molar refractivity (Wildman–Crippen MR) is 83.7 cm³/mol. The highest BCUT2D eigenvalue weighted by Gasteiger charge is 2.29. The van der Waals surface area contributed by atoms with Gasteiger partial charge in [-0.3, -0.25) is 14.6 Å². The third kappa shape index (κ3) is 2.55. The van der Waals surface area contributed by atoms with E-state index in [1.807, 2.05) is 18.2 Å². The van der Waals surface area contributed by atoms with Crippen molar-refractivity contribution in [2.24, 2.45) is 0 Å². The fourth-order valence-corrected chi connectivity index (χ4v) is 2.57. The number of nitrogens with zero attached hydrogens (tertiary/aromatic N) is 1. The molecule has 1 aromatic heterocycles. The first-order chi connectivity index (χ1) is 10.7. The lowest BCUT2D eigenvalue weighted by molar-refractivity contribution is 0.0969. The molecule has 4 nitrogen and oxygen atoms in total. The zero-order valence-electron chi connectivity index (χ0n) is 12.3. The summed E-state index contributed by atoms with van der Waals surface area (Å²) in [4.78, 5) is 29.1. The van der Waals surface area contributed by atoms with Crippen molar-refractivity contribution in [3.63, 3.8) is 0 Å². The molecule has 22 heavy (non-hydrogen) atoms. The Balaban J connectivity index is 1.77. The normalized spacial score (nSPS) is 14.0. The minimum Gasteiger partial charge on any atom is -0.381 e. The Morgan fingerprint density at radius 1 is 0.955 bits per heavy atom. The molecular weight excluding hydrogens is 276 g/mol. The quantitative estimate of drug-likeness (QED) is 0.941. The number of carbonyl (C=O) groups excluding carboxylic acids is 2. The molecule has 1 aromatic carbocycles. The number of aromatic nitrogens is 1. The molecule has 0 saturated carbocycles. The fourth-order valence-electron chi connectivity index (χ4n) is 2.57. The maximum Gasteiger partial charge on any atom is 0.209 e. The van der Waals surface area contributed by atoms with Crippen molar-refractivity contribution < 1.29 is 9.59 Å². The maximum atomic E-state index is 12.5. The number of benzene rings is 1. The minimum atomic E-state index is -0.117. The summed E-state index contributed by atoms with van der Waals surface area (Å²) in [6, 6.07) is 12.7. The number of fused-ring (bicyclic) bond motifs is 1. The summed E-state index contributed by atoms with van der Waals surface area (Å²) in [6.45, 7) is 2.25. The van der Waals surface area contributed by atoms with E-state index < -0.39 is 0 Å². The van der Waals surface area contributed by atoms with Crippen molar-refractivity contribution >= 4 is 11.6 Å². The van der Waals surface area contributed by atoms with Crippen LogP contribution in [0.4, 0.5) is 0 Å². The van der Waals surface area contributed by atoms with Gasteiger partial charge in [0, 0.05) is 41.6 Å². The van der Waals surface area contributed by atoms with Gasteiger partial charge in [-0.15, -0.1) is 0 Å². The molecule has 2 aromatic rings. The smallest absolute Gasteiger partial charge is 0.209 e. The Labute approximate surface area is 128 Å². The largest absolute Gasteiger partial charge is 0.381 e. The molecule has 0 spiro atoms. The summed E-state index contributed by atoms with van der Waals surface area (Å²) in [7, 11) is 0. The highest BCUT2D eigenvalue weighted by atomic mass is 16.1. The van der Waals surface area contributed by atoms with Crippen LogP contribution in [-0.2, 0) is 6.42 Å². The topological polar surface area (TPSA) is 59.1 Å². The van der Waals surface area contributed by atoms with Gasteiger partial charge in [-0.05, 0) is 19.1 Å². The summed E-state index contributed by atoms with van der Waals surface area (Å²) in [6.07, 6.45) is 2.44. The van der Waals surface area contributed by atoms with Crippen LogP contribution in [0.5, 0.6) is 0 Å². The molecule has 0 fully saturated rings. The van der Waals surface area contributed by atoms with Gasteiger partial charge in [-0.2, -0.15) is 0 Å². The third-order valence-corrected chi connectivity index (χ3v) is 3.77. The Morgan fingerprint density at radius 2 is 1.64 bits per heavy atom. The van der Waals surface area contributed by atoms with Crippen molar-refractivity contribution in [2.75, 3.05) is 6.54 Å². The van der Waals surface area contributed by atoms with Crippen LogP contribution in [0.1, 0.15) is 33.3 Å². The van der Waals surface area contributed by atoms with Gasteiger partial charge in [0.15, 0.2) is 5.78 Å². The lowest BCUT2D eigenvalue weighted by Crippen LogP contribution is -2.30. The molecule has 0 amide bonds. The van der Waals surface area contributed by atoms with Crippen molar-refractivity contribution in [3.05, 3.63) is 76.8 Å². The molecule has 0 atom stereocenters. The van der Waals surface area contributed by atoms with E-state index in [0.717, 1.165) is 5.69 Å². The second kappa shape index (κ2) is 5.93. The highest BCUT2D eigenvalue weighted by Crippen LogP contribution is 2.24. The van der Waals surface area contributed by atoms with Crippen LogP contribution in [-0.4, -0.2) is 23.1 Å². The van der Waals surface area contributed by atoms with Gasteiger partial charge >= 0.3 is 0 Å². The molecule has 0 unspecified atom stereocenters. The first-order valence-corrected chi connectivity index (χ1v) is 7.21. The average molecular weight is 292 g/mol. The standard InChI is InChI=1S/C18H16N2O2/c1-12-16(20-11-9-13-6-4-5-10-19-13)18(22)15-8-3-2-7-14(15)17(12)21/h2-8,10,20H,9,11H2,1H3. The number of rotatable bonds is 4. The van der Waals surface area contributed by atoms with Crippen molar-refractivity contribution in [1.29, 1.82) is 0 Å². The van der Waals surface area contributed by atoms with Gasteiger partial charge in [0.1, 0.15) is 0 Å². The van der Waals surface area contributed by atoms with Gasteiger partial charge < -0.3 is 5.32 Å². The number of hydrogen-bond donors (Lipinski definition) is 1. The first-order valence-electron chi connectivity index (χ1n) is 7.21. The molecular formula is C18H16N2O2. The van der Waals surface area contributed by atoms with E-state index in [-0.39, 0.29) is 11.6 Å². The molecule has 3 rings (SSSR count). The summed E-state index contributed by atoms with van der Waals surface area (Å²) >= 11 is 0. The van der Waals surface area contributed by atoms with Crippen molar-refractivity contribution in [2.45, 2.75) is 13.3 Å². The van der Waals surface area contributed by atoms with Crippen molar-refractivity contribution in [1.82, 2.24) is 10.3 Å². The van der Waals surface area contributed by atoms with Crippen LogP contribution in [0.2, 0.25) is 0 Å². The molecule has 110 valence electrons. The molecule has 1 aliphatic rings. The summed E-state index contributed by atoms with van der Waals surface area (Å²) < 4.78 is 0. The third-order valence-electron chi connectivity index (χ3n) is 3.77. The molecule has 0 bridgehead atoms. The molecule has 1 aliphatic carbocycles. The van der Waals surface area contributed by atoms with E-state index in [1.54, 1.807) is 37.4 Å². The molecule has 4 heteroatoms. The van der Waals surface area contributed by atoms with Gasteiger partial charge in [-0.25, -0.2) is 0 Å². The first kappa shape index (κ1) is 14.2. The number of pyridine rings is 1.